The second kappa shape index (κ2) is 6.66. The van der Waals surface area contributed by atoms with Gasteiger partial charge in [-0.2, -0.15) is 0 Å². The molecule has 24 heavy (non-hydrogen) atoms. The fourth-order valence-electron chi connectivity index (χ4n) is 3.21. The highest BCUT2D eigenvalue weighted by Crippen LogP contribution is 2.38. The highest BCUT2D eigenvalue weighted by Gasteiger charge is 2.33. The second-order valence-corrected chi connectivity index (χ2v) is 8.09. The molecule has 3 N–H and O–H groups in total. The van der Waals surface area contributed by atoms with Gasteiger partial charge in [0.2, 0.25) is 10.0 Å². The van der Waals surface area contributed by atoms with Gasteiger partial charge in [-0.15, -0.1) is 0 Å². The lowest BCUT2D eigenvalue weighted by Crippen LogP contribution is -2.44. The lowest BCUT2D eigenvalue weighted by atomic mass is 10.0. The van der Waals surface area contributed by atoms with Gasteiger partial charge in [0.1, 0.15) is 5.69 Å². The monoisotopic (exact) mass is 354 g/mol. The van der Waals surface area contributed by atoms with E-state index in [-0.39, 0.29) is 16.6 Å². The van der Waals surface area contributed by atoms with Gasteiger partial charge in [-0.05, 0) is 56.8 Å². The maximum absolute atomic E-state index is 11.5. The molecule has 3 rings (SSSR count). The van der Waals surface area contributed by atoms with E-state index in [4.69, 9.17) is 5.14 Å². The van der Waals surface area contributed by atoms with Crippen LogP contribution in [0.4, 0.5) is 11.4 Å². The molecule has 8 nitrogen and oxygen atoms in total. The van der Waals surface area contributed by atoms with E-state index in [0.717, 1.165) is 51.4 Å². The molecule has 1 saturated heterocycles. The minimum atomic E-state index is -3.97. The summed E-state index contributed by atoms with van der Waals surface area (Å²) >= 11 is 0. The first kappa shape index (κ1) is 17.1. The highest BCUT2D eigenvalue weighted by molar-refractivity contribution is 7.89. The van der Waals surface area contributed by atoms with E-state index >= 15 is 0 Å². The number of primary sulfonamides is 1. The number of benzene rings is 1. The van der Waals surface area contributed by atoms with Gasteiger partial charge in [0, 0.05) is 18.7 Å². The normalized spacial score (nSPS) is 19.2. The van der Waals surface area contributed by atoms with Crippen molar-refractivity contribution >= 4 is 21.4 Å². The van der Waals surface area contributed by atoms with Crippen molar-refractivity contribution in [3.05, 3.63) is 28.3 Å². The Kier molecular flexibility index (Phi) is 4.75. The van der Waals surface area contributed by atoms with Crippen LogP contribution in [0, 0.1) is 16.0 Å². The van der Waals surface area contributed by atoms with Crippen molar-refractivity contribution in [2.75, 3.05) is 24.5 Å². The molecule has 2 fully saturated rings. The number of nitro groups is 1. The maximum Gasteiger partial charge on any atom is 0.293 e. The van der Waals surface area contributed by atoms with Gasteiger partial charge < -0.3 is 10.2 Å². The zero-order valence-electron chi connectivity index (χ0n) is 13.3. The summed E-state index contributed by atoms with van der Waals surface area (Å²) in [5, 5.41) is 19.9. The third-order valence-electron chi connectivity index (χ3n) is 4.68. The van der Waals surface area contributed by atoms with Crippen LogP contribution in [0.25, 0.3) is 0 Å². The van der Waals surface area contributed by atoms with E-state index in [0.29, 0.717) is 11.6 Å². The number of anilines is 1. The first-order valence-electron chi connectivity index (χ1n) is 8.15. The lowest BCUT2D eigenvalue weighted by Gasteiger charge is -2.36. The predicted molar refractivity (Wildman–Crippen MR) is 90.4 cm³/mol. The van der Waals surface area contributed by atoms with Crippen LogP contribution >= 0.6 is 0 Å². The van der Waals surface area contributed by atoms with Crippen molar-refractivity contribution in [1.82, 2.24) is 5.32 Å². The third kappa shape index (κ3) is 3.85. The molecule has 0 atom stereocenters. The topological polar surface area (TPSA) is 119 Å². The summed E-state index contributed by atoms with van der Waals surface area (Å²) in [6.45, 7) is 2.55. The SMILES string of the molecule is NS(=O)(=O)c1ccc(N(CC2CC2)C2CCNCC2)c([N+](=O)[O-])c1. The number of sulfonamides is 1. The fraction of sp³-hybridized carbons (Fsp3) is 0.600. The molecule has 9 heteroatoms. The van der Waals surface area contributed by atoms with E-state index < -0.39 is 14.9 Å². The first-order valence-corrected chi connectivity index (χ1v) is 9.69. The Hall–Kier alpha value is -1.71. The van der Waals surface area contributed by atoms with Crippen LogP contribution in [0.5, 0.6) is 0 Å². The molecule has 132 valence electrons. The van der Waals surface area contributed by atoms with Crippen molar-refractivity contribution < 1.29 is 13.3 Å². The molecule has 1 saturated carbocycles. The fourth-order valence-corrected chi connectivity index (χ4v) is 3.74. The molecule has 0 amide bonds. The summed E-state index contributed by atoms with van der Waals surface area (Å²) < 4.78 is 23.0. The van der Waals surface area contributed by atoms with Gasteiger partial charge in [-0.1, -0.05) is 0 Å². The predicted octanol–water partition coefficient (Wildman–Crippen LogP) is 1.21. The minimum absolute atomic E-state index is 0.194. The molecule has 0 bridgehead atoms. The van der Waals surface area contributed by atoms with Crippen LogP contribution in [0.15, 0.2) is 23.1 Å². The standard InChI is InChI=1S/C15H22N4O4S/c16-24(22,23)13-3-4-14(15(9-13)19(20)21)18(10-11-1-2-11)12-5-7-17-8-6-12/h3-4,9,11-12,17H,1-2,5-8,10H2,(H2,16,22,23). The van der Waals surface area contributed by atoms with Crippen LogP contribution in [-0.2, 0) is 10.0 Å². The molecular weight excluding hydrogens is 332 g/mol. The van der Waals surface area contributed by atoms with Gasteiger partial charge in [-0.3, -0.25) is 10.1 Å². The van der Waals surface area contributed by atoms with Gasteiger partial charge >= 0.3 is 0 Å². The van der Waals surface area contributed by atoms with Gasteiger partial charge in [-0.25, -0.2) is 13.6 Å². The molecule has 0 aromatic heterocycles. The molecule has 1 aliphatic carbocycles. The maximum atomic E-state index is 11.5. The van der Waals surface area contributed by atoms with E-state index in [1.807, 2.05) is 0 Å². The number of nitrogens with one attached hydrogen (secondary N) is 1. The molecular formula is C15H22N4O4S. The van der Waals surface area contributed by atoms with Crippen LogP contribution < -0.4 is 15.4 Å². The molecule has 1 aromatic rings. The number of piperidine rings is 1. The van der Waals surface area contributed by atoms with E-state index in [1.165, 1.54) is 12.1 Å². The first-order chi connectivity index (χ1) is 11.4. The molecule has 0 radical (unpaired) electrons. The minimum Gasteiger partial charge on any atom is -0.363 e. The summed E-state index contributed by atoms with van der Waals surface area (Å²) in [6.07, 6.45) is 4.12. The Balaban J connectivity index is 2.00. The number of hydrogen-bond donors (Lipinski definition) is 2. The highest BCUT2D eigenvalue weighted by atomic mass is 32.2. The van der Waals surface area contributed by atoms with Crippen LogP contribution in [-0.4, -0.2) is 39.0 Å². The molecule has 1 aliphatic heterocycles. The Morgan fingerprint density at radius 2 is 1.92 bits per heavy atom. The molecule has 1 aromatic carbocycles. The zero-order chi connectivity index (χ0) is 17.3. The second-order valence-electron chi connectivity index (χ2n) is 6.53. The number of nitro benzene ring substituents is 1. The van der Waals surface area contributed by atoms with E-state index in [2.05, 4.69) is 10.2 Å². The van der Waals surface area contributed by atoms with Crippen molar-refractivity contribution in [2.45, 2.75) is 36.6 Å². The molecule has 1 heterocycles. The summed E-state index contributed by atoms with van der Waals surface area (Å²) in [4.78, 5) is 12.9. The summed E-state index contributed by atoms with van der Waals surface area (Å²) in [6, 6.07) is 4.19. The molecule has 2 aliphatic rings. The number of nitrogens with zero attached hydrogens (tertiary/aromatic N) is 2. The Labute approximate surface area is 141 Å². The smallest absolute Gasteiger partial charge is 0.293 e. The van der Waals surface area contributed by atoms with Crippen molar-refractivity contribution in [3.63, 3.8) is 0 Å². The van der Waals surface area contributed by atoms with Crippen molar-refractivity contribution in [3.8, 4) is 0 Å². The summed E-state index contributed by atoms with van der Waals surface area (Å²) in [7, 11) is -3.97. The Morgan fingerprint density at radius 1 is 1.25 bits per heavy atom. The van der Waals surface area contributed by atoms with Crippen molar-refractivity contribution in [1.29, 1.82) is 0 Å². The van der Waals surface area contributed by atoms with Gasteiger partial charge in [0.05, 0.1) is 9.82 Å². The Bertz CT molecular complexity index is 727. The average Bonchev–Trinajstić information content (AvgIpc) is 3.36. The van der Waals surface area contributed by atoms with Crippen molar-refractivity contribution in [2.24, 2.45) is 11.1 Å². The third-order valence-corrected chi connectivity index (χ3v) is 5.59. The zero-order valence-corrected chi connectivity index (χ0v) is 14.2. The van der Waals surface area contributed by atoms with E-state index in [9.17, 15) is 18.5 Å². The van der Waals surface area contributed by atoms with Gasteiger partial charge in [0.25, 0.3) is 5.69 Å². The van der Waals surface area contributed by atoms with Crippen LogP contribution in [0.3, 0.4) is 0 Å². The molecule has 0 spiro atoms. The largest absolute Gasteiger partial charge is 0.363 e. The summed E-state index contributed by atoms with van der Waals surface area (Å²) in [5.41, 5.74) is 0.298. The molecule has 0 unspecified atom stereocenters. The summed E-state index contributed by atoms with van der Waals surface area (Å²) in [5.74, 6) is 0.567. The number of hydrogen-bond acceptors (Lipinski definition) is 6. The van der Waals surface area contributed by atoms with Crippen LogP contribution in [0.1, 0.15) is 25.7 Å². The number of nitrogens with two attached hydrogens (primary N) is 1. The van der Waals surface area contributed by atoms with E-state index in [1.54, 1.807) is 0 Å². The quantitative estimate of drug-likeness (QED) is 0.585. The van der Waals surface area contributed by atoms with Gasteiger partial charge in [0.15, 0.2) is 0 Å². The Morgan fingerprint density at radius 3 is 2.46 bits per heavy atom. The van der Waals surface area contributed by atoms with Crippen LogP contribution in [0.2, 0.25) is 0 Å². The lowest BCUT2D eigenvalue weighted by molar-refractivity contribution is -0.384. The average molecular weight is 354 g/mol. The number of rotatable bonds is 6.